The van der Waals surface area contributed by atoms with E-state index < -0.39 is 0 Å². The summed E-state index contributed by atoms with van der Waals surface area (Å²) in [4.78, 5) is 19.7. The molecule has 1 aliphatic rings. The number of hydrogen-bond acceptors (Lipinski definition) is 8. The van der Waals surface area contributed by atoms with Crippen LogP contribution in [-0.4, -0.2) is 36.9 Å². The molecular formula is C25H30N6O3S. The van der Waals surface area contributed by atoms with Crippen molar-refractivity contribution in [3.63, 3.8) is 0 Å². The summed E-state index contributed by atoms with van der Waals surface area (Å²) in [5.74, 6) is 2.16. The highest BCUT2D eigenvalue weighted by Gasteiger charge is 2.31. The second-order valence-corrected chi connectivity index (χ2v) is 10.5. The molecule has 0 amide bonds. The maximum Gasteiger partial charge on any atom is 0.252 e. The lowest BCUT2D eigenvalue weighted by molar-refractivity contribution is 0.152. The molecule has 10 heteroatoms. The van der Waals surface area contributed by atoms with Crippen LogP contribution in [0.2, 0.25) is 0 Å². The van der Waals surface area contributed by atoms with E-state index in [4.69, 9.17) is 9.47 Å². The van der Waals surface area contributed by atoms with Gasteiger partial charge in [0.05, 0.1) is 17.1 Å². The Bertz CT molecular complexity index is 1380. The number of aromatic amines is 1. The number of benzene rings is 1. The van der Waals surface area contributed by atoms with Gasteiger partial charge in [-0.2, -0.15) is 0 Å². The third kappa shape index (κ3) is 4.55. The van der Waals surface area contributed by atoms with Gasteiger partial charge in [-0.1, -0.05) is 19.9 Å². The van der Waals surface area contributed by atoms with E-state index in [2.05, 4.69) is 70.6 Å². The molecule has 0 saturated carbocycles. The number of ether oxygens (including phenoxy) is 2. The number of tetrazole rings is 1. The molecule has 1 aromatic carbocycles. The third-order valence-electron chi connectivity index (χ3n) is 6.78. The van der Waals surface area contributed by atoms with Crippen molar-refractivity contribution in [3.8, 4) is 11.5 Å². The van der Waals surface area contributed by atoms with Gasteiger partial charge in [-0.3, -0.25) is 9.69 Å². The fourth-order valence-electron chi connectivity index (χ4n) is 4.44. The van der Waals surface area contributed by atoms with Crippen LogP contribution in [0, 0.1) is 0 Å². The number of H-pyrrole nitrogens is 1. The van der Waals surface area contributed by atoms with Crippen LogP contribution in [0.4, 0.5) is 0 Å². The summed E-state index contributed by atoms with van der Waals surface area (Å²) in [6, 6.07) is 9.79. The molecule has 1 N–H and O–H groups in total. The van der Waals surface area contributed by atoms with E-state index in [0.717, 1.165) is 29.6 Å². The monoisotopic (exact) mass is 494 g/mol. The molecule has 0 radical (unpaired) electrons. The van der Waals surface area contributed by atoms with Crippen LogP contribution in [0.1, 0.15) is 62.8 Å². The van der Waals surface area contributed by atoms with Gasteiger partial charge in [-0.25, -0.2) is 4.68 Å². The average molecular weight is 495 g/mol. The van der Waals surface area contributed by atoms with Crippen LogP contribution in [0.25, 0.3) is 10.9 Å². The van der Waals surface area contributed by atoms with Gasteiger partial charge in [-0.05, 0) is 60.7 Å². The summed E-state index contributed by atoms with van der Waals surface area (Å²) in [6.07, 6.45) is 1.70. The van der Waals surface area contributed by atoms with Crippen molar-refractivity contribution in [2.45, 2.75) is 65.2 Å². The van der Waals surface area contributed by atoms with E-state index in [0.29, 0.717) is 30.2 Å². The molecule has 1 aliphatic heterocycles. The smallest absolute Gasteiger partial charge is 0.252 e. The number of nitrogens with zero attached hydrogens (tertiary/aromatic N) is 5. The second-order valence-electron chi connectivity index (χ2n) is 9.44. The summed E-state index contributed by atoms with van der Waals surface area (Å²) < 4.78 is 12.9. The van der Waals surface area contributed by atoms with Crippen LogP contribution >= 0.6 is 11.3 Å². The summed E-state index contributed by atoms with van der Waals surface area (Å²) >= 11 is 1.70. The topological polar surface area (TPSA) is 98.2 Å². The zero-order valence-corrected chi connectivity index (χ0v) is 21.3. The van der Waals surface area contributed by atoms with Crippen molar-refractivity contribution >= 4 is 22.2 Å². The minimum atomic E-state index is -0.219. The standard InChI is InChI=1S/C25H30N6O3S/c1-5-20(23-27-28-29-31(23)25(3,4)6-2)30(14-18-8-7-9-35-18)13-17-10-16-11-21-22(34-15-33-21)12-19(16)26-24(17)32/h7-12,20H,5-6,13-15H2,1-4H3,(H,26,32)/t20-/m1/s1. The molecule has 3 aromatic heterocycles. The molecule has 35 heavy (non-hydrogen) atoms. The number of pyridine rings is 1. The zero-order chi connectivity index (χ0) is 24.6. The number of thiophene rings is 1. The quantitative estimate of drug-likeness (QED) is 0.363. The molecule has 0 fully saturated rings. The molecule has 184 valence electrons. The Kier molecular flexibility index (Phi) is 6.33. The van der Waals surface area contributed by atoms with Gasteiger partial charge in [0.2, 0.25) is 6.79 Å². The predicted molar refractivity (Wildman–Crippen MR) is 135 cm³/mol. The van der Waals surface area contributed by atoms with Crippen LogP contribution in [0.5, 0.6) is 11.5 Å². The Balaban J connectivity index is 1.54. The van der Waals surface area contributed by atoms with Crippen LogP contribution in [-0.2, 0) is 18.6 Å². The lowest BCUT2D eigenvalue weighted by Crippen LogP contribution is -2.35. The zero-order valence-electron chi connectivity index (χ0n) is 20.4. The molecule has 1 atom stereocenters. The van der Waals surface area contributed by atoms with Crippen molar-refractivity contribution in [1.29, 1.82) is 0 Å². The molecule has 0 unspecified atom stereocenters. The number of rotatable bonds is 9. The SMILES string of the molecule is CC[C@H](c1nnnn1C(C)(C)CC)N(Cc1cccs1)Cc1cc2cc3c(cc2[nH]c1=O)OCO3. The van der Waals surface area contributed by atoms with Crippen molar-refractivity contribution < 1.29 is 9.47 Å². The summed E-state index contributed by atoms with van der Waals surface area (Å²) in [7, 11) is 0. The minimum Gasteiger partial charge on any atom is -0.454 e. The summed E-state index contributed by atoms with van der Waals surface area (Å²) in [5, 5.41) is 15.8. The second kappa shape index (κ2) is 9.43. The van der Waals surface area contributed by atoms with Gasteiger partial charge in [0, 0.05) is 35.0 Å². The van der Waals surface area contributed by atoms with Crippen LogP contribution in [0.3, 0.4) is 0 Å². The molecular weight excluding hydrogens is 464 g/mol. The van der Waals surface area contributed by atoms with Crippen molar-refractivity contribution in [3.05, 3.63) is 62.3 Å². The summed E-state index contributed by atoms with van der Waals surface area (Å²) in [5.41, 5.74) is 1.08. The average Bonchev–Trinajstić information content (AvgIpc) is 3.61. The lowest BCUT2D eigenvalue weighted by Gasteiger charge is -2.32. The molecule has 4 aromatic rings. The molecule has 0 aliphatic carbocycles. The predicted octanol–water partition coefficient (Wildman–Crippen LogP) is 4.60. The van der Waals surface area contributed by atoms with Gasteiger partial charge in [-0.15, -0.1) is 16.4 Å². The van der Waals surface area contributed by atoms with Crippen LogP contribution in [0.15, 0.2) is 40.5 Å². The molecule has 5 rings (SSSR count). The molecule has 0 bridgehead atoms. The van der Waals surface area contributed by atoms with E-state index in [9.17, 15) is 4.79 Å². The van der Waals surface area contributed by atoms with Gasteiger partial charge in [0.25, 0.3) is 5.56 Å². The fourth-order valence-corrected chi connectivity index (χ4v) is 5.17. The lowest BCUT2D eigenvalue weighted by atomic mass is 10.0. The van der Waals surface area contributed by atoms with Crippen molar-refractivity contribution in [2.75, 3.05) is 6.79 Å². The molecule has 0 spiro atoms. The van der Waals surface area contributed by atoms with Crippen molar-refractivity contribution in [1.82, 2.24) is 30.1 Å². The highest BCUT2D eigenvalue weighted by molar-refractivity contribution is 7.09. The third-order valence-corrected chi connectivity index (χ3v) is 7.65. The first-order valence-electron chi connectivity index (χ1n) is 11.9. The first-order chi connectivity index (χ1) is 16.9. The number of nitrogens with one attached hydrogen (secondary N) is 1. The normalized spacial score (nSPS) is 14.2. The Morgan fingerprint density at radius 2 is 2.00 bits per heavy atom. The van der Waals surface area contributed by atoms with Gasteiger partial charge < -0.3 is 14.5 Å². The molecule has 9 nitrogen and oxygen atoms in total. The Morgan fingerprint density at radius 1 is 1.20 bits per heavy atom. The number of fused-ring (bicyclic) bond motifs is 2. The highest BCUT2D eigenvalue weighted by Crippen LogP contribution is 2.36. The number of hydrogen-bond donors (Lipinski definition) is 1. The van der Waals surface area contributed by atoms with E-state index in [1.54, 1.807) is 11.3 Å². The first kappa shape index (κ1) is 23.5. The summed E-state index contributed by atoms with van der Waals surface area (Å²) in [6.45, 7) is 9.89. The van der Waals surface area contributed by atoms with E-state index in [-0.39, 0.29) is 23.9 Å². The molecule has 4 heterocycles. The Morgan fingerprint density at radius 3 is 2.71 bits per heavy atom. The van der Waals surface area contributed by atoms with E-state index >= 15 is 0 Å². The highest BCUT2D eigenvalue weighted by atomic mass is 32.1. The maximum atomic E-state index is 13.1. The van der Waals surface area contributed by atoms with Gasteiger partial charge in [0.15, 0.2) is 17.3 Å². The van der Waals surface area contributed by atoms with Gasteiger partial charge in [0.1, 0.15) is 0 Å². The van der Waals surface area contributed by atoms with Gasteiger partial charge >= 0.3 is 0 Å². The Labute approximate surface area is 207 Å². The number of aromatic nitrogens is 5. The largest absolute Gasteiger partial charge is 0.454 e. The van der Waals surface area contributed by atoms with Crippen LogP contribution < -0.4 is 15.0 Å². The van der Waals surface area contributed by atoms with Crippen molar-refractivity contribution in [2.24, 2.45) is 0 Å². The van der Waals surface area contributed by atoms with E-state index in [1.165, 1.54) is 4.88 Å². The first-order valence-corrected chi connectivity index (χ1v) is 12.8. The van der Waals surface area contributed by atoms with E-state index in [1.807, 2.05) is 22.9 Å². The Hall–Kier alpha value is -3.24. The maximum absolute atomic E-state index is 13.1. The molecule has 0 saturated heterocycles. The fraction of sp³-hybridized carbons (Fsp3) is 0.440. The minimum absolute atomic E-state index is 0.0650.